The zero-order chi connectivity index (χ0) is 13.1. The first-order valence-corrected chi connectivity index (χ1v) is 5.40. The number of nitrogens with zero attached hydrogens (tertiary/aromatic N) is 2. The highest BCUT2D eigenvalue weighted by Gasteiger charge is 2.19. The van der Waals surface area contributed by atoms with Crippen molar-refractivity contribution >= 4 is 5.97 Å². The Bertz CT molecular complexity index is 635. The van der Waals surface area contributed by atoms with Crippen LogP contribution in [0.1, 0.15) is 23.0 Å². The van der Waals surface area contributed by atoms with Crippen molar-refractivity contribution < 1.29 is 9.90 Å². The van der Waals surface area contributed by atoms with E-state index in [0.717, 1.165) is 0 Å². The summed E-state index contributed by atoms with van der Waals surface area (Å²) in [4.78, 5) is 32.8. The molecule has 0 fully saturated rings. The van der Waals surface area contributed by atoms with Gasteiger partial charge in [-0.15, -0.1) is 0 Å². The van der Waals surface area contributed by atoms with Crippen molar-refractivity contribution in [3.8, 4) is 11.3 Å². The second-order valence-electron chi connectivity index (χ2n) is 3.64. The lowest BCUT2D eigenvalue weighted by Crippen LogP contribution is -2.19. The Labute approximate surface area is 102 Å². The first-order valence-electron chi connectivity index (χ1n) is 5.40. The second-order valence-corrected chi connectivity index (χ2v) is 3.64. The van der Waals surface area contributed by atoms with Gasteiger partial charge in [-0.2, -0.15) is 4.98 Å². The average Bonchev–Trinajstić information content (AvgIpc) is 2.38. The minimum Gasteiger partial charge on any atom is -0.478 e. The number of carboxylic acids is 1. The monoisotopic (exact) mass is 245 g/mol. The van der Waals surface area contributed by atoms with E-state index in [2.05, 4.69) is 15.0 Å². The van der Waals surface area contributed by atoms with Crippen LogP contribution in [0.25, 0.3) is 11.3 Å². The molecule has 0 aliphatic carbocycles. The lowest BCUT2D eigenvalue weighted by Gasteiger charge is -2.08. The van der Waals surface area contributed by atoms with Crippen molar-refractivity contribution in [3.63, 3.8) is 0 Å². The Morgan fingerprint density at radius 2 is 2.28 bits per heavy atom. The van der Waals surface area contributed by atoms with Crippen LogP contribution in [-0.2, 0) is 6.42 Å². The summed E-state index contributed by atoms with van der Waals surface area (Å²) in [7, 11) is 0. The number of aromatic carboxylic acids is 1. The molecule has 0 saturated carbocycles. The minimum absolute atomic E-state index is 0.0186. The van der Waals surface area contributed by atoms with E-state index in [9.17, 15) is 14.7 Å². The highest BCUT2D eigenvalue weighted by molar-refractivity contribution is 5.95. The summed E-state index contributed by atoms with van der Waals surface area (Å²) in [5.41, 5.74) is 0.481. The predicted molar refractivity (Wildman–Crippen MR) is 64.4 cm³/mol. The van der Waals surface area contributed by atoms with Crippen LogP contribution in [0.2, 0.25) is 0 Å². The van der Waals surface area contributed by atoms with E-state index in [1.165, 1.54) is 6.20 Å². The lowest BCUT2D eigenvalue weighted by atomic mass is 10.0. The van der Waals surface area contributed by atoms with Gasteiger partial charge in [-0.1, -0.05) is 6.92 Å². The van der Waals surface area contributed by atoms with Gasteiger partial charge in [0.15, 0.2) is 0 Å². The van der Waals surface area contributed by atoms with E-state index in [4.69, 9.17) is 0 Å². The third-order valence-corrected chi connectivity index (χ3v) is 2.51. The maximum atomic E-state index is 11.4. The molecule has 6 heteroatoms. The molecule has 2 rings (SSSR count). The normalized spacial score (nSPS) is 10.3. The van der Waals surface area contributed by atoms with E-state index in [1.807, 2.05) is 0 Å². The van der Waals surface area contributed by atoms with Crippen molar-refractivity contribution in [2.45, 2.75) is 13.3 Å². The van der Waals surface area contributed by atoms with E-state index < -0.39 is 11.7 Å². The Morgan fingerprint density at radius 3 is 2.83 bits per heavy atom. The molecule has 92 valence electrons. The molecule has 18 heavy (non-hydrogen) atoms. The number of carbonyl (C=O) groups is 1. The van der Waals surface area contributed by atoms with Crippen LogP contribution >= 0.6 is 0 Å². The summed E-state index contributed by atoms with van der Waals surface area (Å²) in [6.07, 6.45) is 3.46. The standard InChI is InChI=1S/C12H11N3O3/c1-2-8-9(11(16)17)10(15-12(18)14-8)7-4-3-5-13-6-7/h3-6H,2H2,1H3,(H,16,17)(H,14,15,18). The van der Waals surface area contributed by atoms with Crippen LogP contribution in [0.15, 0.2) is 29.3 Å². The number of carboxylic acid groups (broad SMARTS) is 1. The van der Waals surface area contributed by atoms with Gasteiger partial charge in [-0.25, -0.2) is 9.59 Å². The summed E-state index contributed by atoms with van der Waals surface area (Å²) in [6.45, 7) is 1.77. The van der Waals surface area contributed by atoms with Gasteiger partial charge in [-0.3, -0.25) is 4.98 Å². The largest absolute Gasteiger partial charge is 0.478 e. The molecule has 2 heterocycles. The fourth-order valence-electron chi connectivity index (χ4n) is 1.73. The van der Waals surface area contributed by atoms with E-state index >= 15 is 0 Å². The van der Waals surface area contributed by atoms with Crippen LogP contribution in [-0.4, -0.2) is 26.0 Å². The van der Waals surface area contributed by atoms with Gasteiger partial charge in [0.1, 0.15) is 5.56 Å². The smallest absolute Gasteiger partial charge is 0.345 e. The fraction of sp³-hybridized carbons (Fsp3) is 0.167. The topological polar surface area (TPSA) is 95.9 Å². The van der Waals surface area contributed by atoms with Crippen molar-refractivity contribution in [1.82, 2.24) is 15.0 Å². The zero-order valence-corrected chi connectivity index (χ0v) is 9.67. The van der Waals surface area contributed by atoms with Crippen molar-refractivity contribution in [2.24, 2.45) is 0 Å². The lowest BCUT2D eigenvalue weighted by molar-refractivity contribution is 0.0695. The van der Waals surface area contributed by atoms with Crippen LogP contribution < -0.4 is 5.69 Å². The highest BCUT2D eigenvalue weighted by atomic mass is 16.4. The molecule has 2 N–H and O–H groups in total. The number of aromatic amines is 1. The molecule has 0 radical (unpaired) electrons. The van der Waals surface area contributed by atoms with Gasteiger partial charge in [-0.05, 0) is 18.6 Å². The Balaban J connectivity index is 2.77. The minimum atomic E-state index is -1.12. The molecule has 0 aromatic carbocycles. The number of nitrogens with one attached hydrogen (secondary N) is 1. The zero-order valence-electron chi connectivity index (χ0n) is 9.67. The molecule has 0 amide bonds. The molecule has 2 aromatic heterocycles. The quantitative estimate of drug-likeness (QED) is 0.843. The van der Waals surface area contributed by atoms with E-state index in [-0.39, 0.29) is 11.3 Å². The van der Waals surface area contributed by atoms with Crippen LogP contribution in [0.4, 0.5) is 0 Å². The molecule has 0 aliphatic heterocycles. The average molecular weight is 245 g/mol. The van der Waals surface area contributed by atoms with Crippen LogP contribution in [0, 0.1) is 0 Å². The maximum absolute atomic E-state index is 11.4. The van der Waals surface area contributed by atoms with Gasteiger partial charge < -0.3 is 10.1 Å². The molecule has 0 atom stereocenters. The fourth-order valence-corrected chi connectivity index (χ4v) is 1.73. The molecule has 0 spiro atoms. The molecular weight excluding hydrogens is 234 g/mol. The van der Waals surface area contributed by atoms with Gasteiger partial charge >= 0.3 is 11.7 Å². The number of hydrogen-bond donors (Lipinski definition) is 2. The first kappa shape index (κ1) is 12.0. The van der Waals surface area contributed by atoms with Crippen molar-refractivity contribution in [1.29, 1.82) is 0 Å². The van der Waals surface area contributed by atoms with Crippen molar-refractivity contribution in [3.05, 3.63) is 46.3 Å². The number of H-pyrrole nitrogens is 1. The molecule has 0 saturated heterocycles. The molecular formula is C12H11N3O3. The summed E-state index contributed by atoms with van der Waals surface area (Å²) < 4.78 is 0. The Kier molecular flexibility index (Phi) is 3.18. The third-order valence-electron chi connectivity index (χ3n) is 2.51. The third kappa shape index (κ3) is 2.13. The summed E-state index contributed by atoms with van der Waals surface area (Å²) in [6, 6.07) is 3.33. The molecule has 0 unspecified atom stereocenters. The van der Waals surface area contributed by atoms with Gasteiger partial charge in [0.05, 0.1) is 5.69 Å². The highest BCUT2D eigenvalue weighted by Crippen LogP contribution is 2.21. The summed E-state index contributed by atoms with van der Waals surface area (Å²) in [5, 5.41) is 9.25. The molecule has 6 nitrogen and oxygen atoms in total. The summed E-state index contributed by atoms with van der Waals surface area (Å²) in [5.74, 6) is -1.12. The van der Waals surface area contributed by atoms with Gasteiger partial charge in [0.2, 0.25) is 0 Å². The SMILES string of the molecule is CCc1[nH]c(=O)nc(-c2cccnc2)c1C(=O)O. The maximum Gasteiger partial charge on any atom is 0.345 e. The number of rotatable bonds is 3. The Morgan fingerprint density at radius 1 is 1.50 bits per heavy atom. The van der Waals surface area contributed by atoms with Crippen LogP contribution in [0.3, 0.4) is 0 Å². The second kappa shape index (κ2) is 4.79. The number of aromatic nitrogens is 3. The number of hydrogen-bond acceptors (Lipinski definition) is 4. The Hall–Kier alpha value is -2.50. The summed E-state index contributed by atoms with van der Waals surface area (Å²) >= 11 is 0. The van der Waals surface area contributed by atoms with Crippen LogP contribution in [0.5, 0.6) is 0 Å². The molecule has 2 aromatic rings. The van der Waals surface area contributed by atoms with E-state index in [1.54, 1.807) is 25.3 Å². The number of aryl methyl sites for hydroxylation is 1. The first-order chi connectivity index (χ1) is 8.63. The van der Waals surface area contributed by atoms with Crippen molar-refractivity contribution in [2.75, 3.05) is 0 Å². The molecule has 0 bridgehead atoms. The van der Waals surface area contributed by atoms with E-state index in [0.29, 0.717) is 17.7 Å². The van der Waals surface area contributed by atoms with Gasteiger partial charge in [0, 0.05) is 23.7 Å². The number of pyridine rings is 1. The van der Waals surface area contributed by atoms with Gasteiger partial charge in [0.25, 0.3) is 0 Å². The molecule has 0 aliphatic rings. The predicted octanol–water partition coefficient (Wildman–Crippen LogP) is 1.09.